The van der Waals surface area contributed by atoms with Crippen LogP contribution in [0.3, 0.4) is 0 Å². The van der Waals surface area contributed by atoms with E-state index in [0.717, 1.165) is 30.8 Å². The summed E-state index contributed by atoms with van der Waals surface area (Å²) in [6, 6.07) is 5.94. The molecule has 1 fully saturated rings. The number of likely N-dealkylation sites (tertiary alicyclic amines) is 1. The van der Waals surface area contributed by atoms with Gasteiger partial charge in [-0.15, -0.1) is 0 Å². The minimum Gasteiger partial charge on any atom is -0.337 e. The highest BCUT2D eigenvalue weighted by molar-refractivity contribution is 5.95. The fraction of sp³-hybridized carbons (Fsp3) is 0.500. The summed E-state index contributed by atoms with van der Waals surface area (Å²) >= 11 is 0. The van der Waals surface area contributed by atoms with Crippen molar-refractivity contribution in [2.45, 2.75) is 26.7 Å². The van der Waals surface area contributed by atoms with Crippen LogP contribution < -0.4 is 0 Å². The van der Waals surface area contributed by atoms with E-state index in [9.17, 15) is 4.79 Å². The van der Waals surface area contributed by atoms with Gasteiger partial charge in [-0.1, -0.05) is 0 Å². The minimum absolute atomic E-state index is 0.0000463. The topological polar surface area (TPSA) is 57.0 Å². The summed E-state index contributed by atoms with van der Waals surface area (Å²) < 4.78 is 0. The number of amides is 1. The molecule has 2 rings (SSSR count). The molecule has 0 spiro atoms. The molecule has 18 heavy (non-hydrogen) atoms. The van der Waals surface area contributed by atoms with Crippen LogP contribution in [0.15, 0.2) is 12.1 Å². The molecule has 1 amide bonds. The van der Waals surface area contributed by atoms with Crippen LogP contribution in [0.25, 0.3) is 0 Å². The summed E-state index contributed by atoms with van der Waals surface area (Å²) in [4.78, 5) is 18.5. The van der Waals surface area contributed by atoms with Gasteiger partial charge in [0.05, 0.1) is 23.2 Å². The molecule has 1 aromatic heterocycles. The Kier molecular flexibility index (Phi) is 3.61. The maximum Gasteiger partial charge on any atom is 0.255 e. The number of carbonyl (C=O) groups excluding carboxylic acids is 1. The van der Waals surface area contributed by atoms with Gasteiger partial charge in [-0.05, 0) is 38.8 Å². The minimum atomic E-state index is -0.0265. The van der Waals surface area contributed by atoms with Crippen molar-refractivity contribution in [3.8, 4) is 6.07 Å². The second-order valence-corrected chi connectivity index (χ2v) is 4.81. The lowest BCUT2D eigenvalue weighted by molar-refractivity contribution is 0.0697. The maximum absolute atomic E-state index is 12.4. The van der Waals surface area contributed by atoms with E-state index in [0.29, 0.717) is 12.1 Å². The third kappa shape index (κ3) is 2.51. The molecule has 1 aliphatic heterocycles. The summed E-state index contributed by atoms with van der Waals surface area (Å²) in [6.45, 7) is 5.05. The molecule has 1 unspecified atom stereocenters. The Morgan fingerprint density at radius 1 is 1.50 bits per heavy atom. The number of rotatable bonds is 1. The van der Waals surface area contributed by atoms with Crippen molar-refractivity contribution < 1.29 is 4.79 Å². The first-order chi connectivity index (χ1) is 8.61. The molecule has 94 valence electrons. The van der Waals surface area contributed by atoms with Crippen molar-refractivity contribution in [2.24, 2.45) is 5.92 Å². The average Bonchev–Trinajstić information content (AvgIpc) is 2.38. The molecule has 1 saturated heterocycles. The zero-order valence-corrected chi connectivity index (χ0v) is 10.8. The van der Waals surface area contributed by atoms with Gasteiger partial charge in [0.15, 0.2) is 0 Å². The zero-order chi connectivity index (χ0) is 13.1. The van der Waals surface area contributed by atoms with Gasteiger partial charge in [-0.3, -0.25) is 9.78 Å². The third-order valence-electron chi connectivity index (χ3n) is 3.35. The van der Waals surface area contributed by atoms with Crippen LogP contribution in [-0.2, 0) is 0 Å². The third-order valence-corrected chi connectivity index (χ3v) is 3.35. The molecule has 0 saturated carbocycles. The Morgan fingerprint density at radius 3 is 2.94 bits per heavy atom. The van der Waals surface area contributed by atoms with Crippen LogP contribution in [0.4, 0.5) is 0 Å². The van der Waals surface area contributed by atoms with E-state index in [1.54, 1.807) is 4.90 Å². The Balaban J connectivity index is 2.18. The van der Waals surface area contributed by atoms with Crippen LogP contribution >= 0.6 is 0 Å². The van der Waals surface area contributed by atoms with E-state index in [-0.39, 0.29) is 11.8 Å². The predicted octanol–water partition coefficient (Wildman–Crippen LogP) is 2.07. The molecule has 1 aliphatic rings. The van der Waals surface area contributed by atoms with Crippen LogP contribution in [-0.4, -0.2) is 28.9 Å². The Morgan fingerprint density at radius 2 is 2.28 bits per heavy atom. The quantitative estimate of drug-likeness (QED) is 0.758. The van der Waals surface area contributed by atoms with E-state index >= 15 is 0 Å². The van der Waals surface area contributed by atoms with Crippen LogP contribution in [0, 0.1) is 31.1 Å². The van der Waals surface area contributed by atoms with Crippen molar-refractivity contribution in [1.29, 1.82) is 5.26 Å². The first-order valence-corrected chi connectivity index (χ1v) is 6.25. The van der Waals surface area contributed by atoms with E-state index in [4.69, 9.17) is 5.26 Å². The van der Waals surface area contributed by atoms with Crippen molar-refractivity contribution in [3.63, 3.8) is 0 Å². The van der Waals surface area contributed by atoms with Gasteiger partial charge in [-0.2, -0.15) is 5.26 Å². The van der Waals surface area contributed by atoms with Crippen molar-refractivity contribution >= 4 is 5.91 Å². The second kappa shape index (κ2) is 5.18. The van der Waals surface area contributed by atoms with Crippen LogP contribution in [0.5, 0.6) is 0 Å². The lowest BCUT2D eigenvalue weighted by Gasteiger charge is -2.30. The fourth-order valence-corrected chi connectivity index (χ4v) is 2.35. The largest absolute Gasteiger partial charge is 0.337 e. The molecule has 4 nitrogen and oxygen atoms in total. The Bertz CT molecular complexity index is 504. The number of carbonyl (C=O) groups is 1. The first-order valence-electron chi connectivity index (χ1n) is 6.25. The number of pyridine rings is 1. The van der Waals surface area contributed by atoms with Gasteiger partial charge in [0.1, 0.15) is 0 Å². The SMILES string of the molecule is Cc1ccc(C(=O)N2CCCC(C#N)C2)c(C)n1. The lowest BCUT2D eigenvalue weighted by Crippen LogP contribution is -2.39. The Hall–Kier alpha value is -1.89. The first kappa shape index (κ1) is 12.6. The summed E-state index contributed by atoms with van der Waals surface area (Å²) in [5, 5.41) is 8.95. The number of nitriles is 1. The zero-order valence-electron chi connectivity index (χ0n) is 10.8. The van der Waals surface area contributed by atoms with Crippen LogP contribution in [0.1, 0.15) is 34.6 Å². The fourth-order valence-electron chi connectivity index (χ4n) is 2.35. The summed E-state index contributed by atoms with van der Waals surface area (Å²) in [5.41, 5.74) is 2.33. The molecular formula is C14H17N3O. The monoisotopic (exact) mass is 243 g/mol. The number of piperidine rings is 1. The van der Waals surface area contributed by atoms with Gasteiger partial charge in [0.25, 0.3) is 5.91 Å². The average molecular weight is 243 g/mol. The standard InChI is InChI=1S/C14H17N3O/c1-10-5-6-13(11(2)16-10)14(18)17-7-3-4-12(8-15)9-17/h5-6,12H,3-4,7,9H2,1-2H3. The van der Waals surface area contributed by atoms with E-state index in [2.05, 4.69) is 11.1 Å². The van der Waals surface area contributed by atoms with Crippen molar-refractivity contribution in [2.75, 3.05) is 13.1 Å². The van der Waals surface area contributed by atoms with Gasteiger partial charge < -0.3 is 4.90 Å². The van der Waals surface area contributed by atoms with Crippen molar-refractivity contribution in [3.05, 3.63) is 29.1 Å². The smallest absolute Gasteiger partial charge is 0.255 e. The molecule has 0 aromatic carbocycles. The van der Waals surface area contributed by atoms with Gasteiger partial charge >= 0.3 is 0 Å². The molecule has 1 atom stereocenters. The highest BCUT2D eigenvalue weighted by Crippen LogP contribution is 2.19. The van der Waals surface area contributed by atoms with Crippen molar-refractivity contribution in [1.82, 2.24) is 9.88 Å². The van der Waals surface area contributed by atoms with Gasteiger partial charge in [0.2, 0.25) is 0 Å². The molecule has 0 N–H and O–H groups in total. The van der Waals surface area contributed by atoms with Crippen LogP contribution in [0.2, 0.25) is 0 Å². The number of aromatic nitrogens is 1. The van der Waals surface area contributed by atoms with E-state index in [1.165, 1.54) is 0 Å². The Labute approximate surface area is 107 Å². The summed E-state index contributed by atoms with van der Waals surface area (Å²) in [5.74, 6) is -0.0265. The molecular weight excluding hydrogens is 226 g/mol. The number of hydrogen-bond acceptors (Lipinski definition) is 3. The molecule has 0 radical (unpaired) electrons. The molecule has 4 heteroatoms. The normalized spacial score (nSPS) is 19.4. The molecule has 0 aliphatic carbocycles. The number of aryl methyl sites for hydroxylation is 2. The van der Waals surface area contributed by atoms with Gasteiger partial charge in [0, 0.05) is 18.8 Å². The second-order valence-electron chi connectivity index (χ2n) is 4.81. The molecule has 2 heterocycles. The van der Waals surface area contributed by atoms with Gasteiger partial charge in [-0.25, -0.2) is 0 Å². The molecule has 1 aromatic rings. The number of nitrogens with zero attached hydrogens (tertiary/aromatic N) is 3. The maximum atomic E-state index is 12.4. The highest BCUT2D eigenvalue weighted by atomic mass is 16.2. The highest BCUT2D eigenvalue weighted by Gasteiger charge is 2.25. The lowest BCUT2D eigenvalue weighted by atomic mass is 9.99. The number of hydrogen-bond donors (Lipinski definition) is 0. The summed E-state index contributed by atoms with van der Waals surface area (Å²) in [6.07, 6.45) is 1.80. The van der Waals surface area contributed by atoms with E-state index in [1.807, 2.05) is 26.0 Å². The van der Waals surface area contributed by atoms with E-state index < -0.39 is 0 Å². The predicted molar refractivity (Wildman–Crippen MR) is 68.0 cm³/mol. The molecule has 0 bridgehead atoms. The summed E-state index contributed by atoms with van der Waals surface area (Å²) in [7, 11) is 0.